The van der Waals surface area contributed by atoms with Gasteiger partial charge >= 0.3 is 0 Å². The first-order valence-corrected chi connectivity index (χ1v) is 13.0. The first kappa shape index (κ1) is 22.8. The van der Waals surface area contributed by atoms with Gasteiger partial charge in [-0.25, -0.2) is 19.6 Å². The van der Waals surface area contributed by atoms with Crippen LogP contribution in [-0.4, -0.2) is 55.9 Å². The van der Waals surface area contributed by atoms with Crippen molar-refractivity contribution in [2.75, 3.05) is 31.6 Å². The van der Waals surface area contributed by atoms with E-state index < -0.39 is 0 Å². The zero-order valence-electron chi connectivity index (χ0n) is 20.0. The largest absolute Gasteiger partial charge is 0.379 e. The Bertz CT molecular complexity index is 1430. The molecule has 182 valence electrons. The minimum Gasteiger partial charge on any atom is -0.379 e. The summed E-state index contributed by atoms with van der Waals surface area (Å²) in [6.45, 7) is 6.19. The normalized spacial score (nSPS) is 15.2. The Morgan fingerprint density at radius 2 is 1.83 bits per heavy atom. The predicted molar refractivity (Wildman–Crippen MR) is 142 cm³/mol. The number of ether oxygens (including phenoxy) is 1. The van der Waals surface area contributed by atoms with Gasteiger partial charge in [-0.1, -0.05) is 42.5 Å². The number of thiophene rings is 1. The highest BCUT2D eigenvalue weighted by molar-refractivity contribution is 7.17. The fourth-order valence-corrected chi connectivity index (χ4v) is 5.46. The second-order valence-electron chi connectivity index (χ2n) is 8.87. The highest BCUT2D eigenvalue weighted by Crippen LogP contribution is 2.38. The van der Waals surface area contributed by atoms with Crippen molar-refractivity contribution in [3.63, 3.8) is 0 Å². The zero-order chi connectivity index (χ0) is 24.3. The molecule has 0 amide bonds. The van der Waals surface area contributed by atoms with E-state index in [2.05, 4.69) is 81.1 Å². The van der Waals surface area contributed by atoms with Crippen molar-refractivity contribution in [2.45, 2.75) is 19.5 Å². The number of hydrogen-bond donors (Lipinski definition) is 1. The number of aromatic nitrogens is 5. The van der Waals surface area contributed by atoms with Crippen LogP contribution in [0.1, 0.15) is 24.4 Å². The lowest BCUT2D eigenvalue weighted by atomic mass is 10.0. The van der Waals surface area contributed by atoms with Gasteiger partial charge in [0.05, 0.1) is 30.8 Å². The third-order valence-corrected chi connectivity index (χ3v) is 7.34. The molecule has 1 unspecified atom stereocenters. The molecule has 3 aromatic heterocycles. The summed E-state index contributed by atoms with van der Waals surface area (Å²) in [5, 5.41) is 11.2. The first-order chi connectivity index (χ1) is 17.7. The second-order valence-corrected chi connectivity index (χ2v) is 9.73. The topological polar surface area (TPSA) is 81.0 Å². The molecule has 1 N–H and O–H groups in total. The molecule has 0 bridgehead atoms. The molecule has 0 spiro atoms. The van der Waals surface area contributed by atoms with Gasteiger partial charge in [0.25, 0.3) is 0 Å². The molecule has 2 aromatic carbocycles. The third kappa shape index (κ3) is 4.73. The molecule has 4 heterocycles. The Kier molecular flexibility index (Phi) is 6.42. The van der Waals surface area contributed by atoms with Gasteiger partial charge in [-0.15, -0.1) is 11.3 Å². The van der Waals surface area contributed by atoms with Gasteiger partial charge in [-0.2, -0.15) is 5.10 Å². The van der Waals surface area contributed by atoms with Gasteiger partial charge in [-0.3, -0.25) is 4.90 Å². The summed E-state index contributed by atoms with van der Waals surface area (Å²) >= 11 is 1.67. The first-order valence-electron chi connectivity index (χ1n) is 12.1. The number of rotatable bonds is 7. The summed E-state index contributed by atoms with van der Waals surface area (Å²) < 4.78 is 7.27. The molecule has 0 aliphatic carbocycles. The van der Waals surface area contributed by atoms with E-state index in [-0.39, 0.29) is 6.04 Å². The Morgan fingerprint density at radius 3 is 2.58 bits per heavy atom. The van der Waals surface area contributed by atoms with Gasteiger partial charge in [0.1, 0.15) is 29.1 Å². The third-order valence-electron chi connectivity index (χ3n) is 6.46. The fourth-order valence-electron chi connectivity index (χ4n) is 4.50. The maximum atomic E-state index is 5.52. The van der Waals surface area contributed by atoms with Crippen LogP contribution in [0.15, 0.2) is 72.6 Å². The molecule has 0 saturated carbocycles. The summed E-state index contributed by atoms with van der Waals surface area (Å²) in [5.74, 6) is 1.71. The molecular weight excluding hydrogens is 470 g/mol. The lowest BCUT2D eigenvalue weighted by Gasteiger charge is -2.26. The lowest BCUT2D eigenvalue weighted by Crippen LogP contribution is -2.36. The minimum atomic E-state index is 0.0488. The summed E-state index contributed by atoms with van der Waals surface area (Å²) in [6.07, 6.45) is 3.24. The molecule has 9 heteroatoms. The van der Waals surface area contributed by atoms with Crippen LogP contribution >= 0.6 is 11.3 Å². The molecule has 1 saturated heterocycles. The Labute approximate surface area is 213 Å². The van der Waals surface area contributed by atoms with Crippen molar-refractivity contribution in [2.24, 2.45) is 0 Å². The number of fused-ring (bicyclic) bond motifs is 1. The van der Waals surface area contributed by atoms with Gasteiger partial charge < -0.3 is 10.1 Å². The van der Waals surface area contributed by atoms with Crippen molar-refractivity contribution in [1.29, 1.82) is 0 Å². The van der Waals surface area contributed by atoms with Gasteiger partial charge in [0, 0.05) is 30.1 Å². The number of morpholine rings is 1. The molecule has 6 rings (SSSR count). The average molecular weight is 498 g/mol. The van der Waals surface area contributed by atoms with E-state index in [4.69, 9.17) is 14.7 Å². The van der Waals surface area contributed by atoms with E-state index in [1.165, 1.54) is 11.9 Å². The average Bonchev–Trinajstić information content (AvgIpc) is 3.61. The maximum absolute atomic E-state index is 5.52. The van der Waals surface area contributed by atoms with Crippen LogP contribution in [0.3, 0.4) is 0 Å². The summed E-state index contributed by atoms with van der Waals surface area (Å²) in [6, 6.07) is 18.9. The van der Waals surface area contributed by atoms with Crippen LogP contribution in [0.4, 0.5) is 5.82 Å². The van der Waals surface area contributed by atoms with Crippen LogP contribution < -0.4 is 5.32 Å². The number of nitrogens with zero attached hydrogens (tertiary/aromatic N) is 6. The second kappa shape index (κ2) is 10.1. The van der Waals surface area contributed by atoms with Crippen molar-refractivity contribution in [3.8, 4) is 16.8 Å². The fraction of sp³-hybridized carbons (Fsp3) is 0.259. The Hall–Kier alpha value is -3.66. The standard InChI is InChI=1S/C27H27N7OS/c1-19(20-7-9-22(10-8-20)34-18-28-17-29-34)30-26-25-23(21-5-3-2-4-6-21)16-36-27(25)32-24(31-26)15-33-11-13-35-14-12-33/h2-10,16-19H,11-15H2,1H3,(H,30,31,32). The van der Waals surface area contributed by atoms with E-state index >= 15 is 0 Å². The van der Waals surface area contributed by atoms with E-state index in [1.54, 1.807) is 22.3 Å². The molecule has 1 atom stereocenters. The molecular formula is C27H27N7OS. The molecule has 1 fully saturated rings. The van der Waals surface area contributed by atoms with Crippen molar-refractivity contribution in [1.82, 2.24) is 29.6 Å². The van der Waals surface area contributed by atoms with Crippen LogP contribution in [0, 0.1) is 0 Å². The smallest absolute Gasteiger partial charge is 0.146 e. The summed E-state index contributed by atoms with van der Waals surface area (Å²) in [7, 11) is 0. The van der Waals surface area contributed by atoms with E-state index in [1.807, 2.05) is 6.07 Å². The van der Waals surface area contributed by atoms with Gasteiger partial charge in [0.15, 0.2) is 0 Å². The Morgan fingerprint density at radius 1 is 1.03 bits per heavy atom. The van der Waals surface area contributed by atoms with Crippen LogP contribution in [0.5, 0.6) is 0 Å². The number of benzene rings is 2. The van der Waals surface area contributed by atoms with Gasteiger partial charge in [-0.05, 0) is 30.2 Å². The molecule has 36 heavy (non-hydrogen) atoms. The quantitative estimate of drug-likeness (QED) is 0.341. The molecule has 1 aliphatic heterocycles. The highest BCUT2D eigenvalue weighted by atomic mass is 32.1. The highest BCUT2D eigenvalue weighted by Gasteiger charge is 2.19. The summed E-state index contributed by atoms with van der Waals surface area (Å²) in [4.78, 5) is 17.4. The van der Waals surface area contributed by atoms with Crippen LogP contribution in [0.2, 0.25) is 0 Å². The summed E-state index contributed by atoms with van der Waals surface area (Å²) in [5.41, 5.74) is 4.47. The molecule has 5 aromatic rings. The molecule has 0 radical (unpaired) electrons. The monoisotopic (exact) mass is 497 g/mol. The number of hydrogen-bond acceptors (Lipinski definition) is 8. The van der Waals surface area contributed by atoms with Crippen molar-refractivity contribution in [3.05, 3.63) is 84.0 Å². The number of anilines is 1. The van der Waals surface area contributed by atoms with E-state index in [9.17, 15) is 0 Å². The van der Waals surface area contributed by atoms with Gasteiger partial charge in [0.2, 0.25) is 0 Å². The SMILES string of the molecule is CC(Nc1nc(CN2CCOCC2)nc2scc(-c3ccccc3)c12)c1ccc(-n2cncn2)cc1. The lowest BCUT2D eigenvalue weighted by molar-refractivity contribution is 0.0331. The zero-order valence-corrected chi connectivity index (χ0v) is 20.9. The van der Waals surface area contributed by atoms with Crippen LogP contribution in [-0.2, 0) is 11.3 Å². The minimum absolute atomic E-state index is 0.0488. The molecule has 8 nitrogen and oxygen atoms in total. The van der Waals surface area contributed by atoms with Crippen molar-refractivity contribution >= 4 is 27.4 Å². The maximum Gasteiger partial charge on any atom is 0.146 e. The van der Waals surface area contributed by atoms with Crippen molar-refractivity contribution < 1.29 is 4.74 Å². The molecule has 1 aliphatic rings. The van der Waals surface area contributed by atoms with Crippen LogP contribution in [0.25, 0.3) is 27.0 Å². The Balaban J connectivity index is 1.34. The van der Waals surface area contributed by atoms with E-state index in [0.29, 0.717) is 6.54 Å². The number of nitrogens with one attached hydrogen (secondary N) is 1. The van der Waals surface area contributed by atoms with E-state index in [0.717, 1.165) is 65.0 Å². The predicted octanol–water partition coefficient (Wildman–Crippen LogP) is 4.94.